The summed E-state index contributed by atoms with van der Waals surface area (Å²) in [4.78, 5) is 15.4. The molecule has 1 amide bonds. The predicted molar refractivity (Wildman–Crippen MR) is 61.0 cm³/mol. The van der Waals surface area contributed by atoms with Gasteiger partial charge in [-0.2, -0.15) is 0 Å². The second-order valence-corrected chi connectivity index (χ2v) is 4.55. The molecule has 0 aliphatic heterocycles. The highest BCUT2D eigenvalue weighted by molar-refractivity contribution is 7.13. The van der Waals surface area contributed by atoms with Gasteiger partial charge in [0.05, 0.1) is 5.69 Å². The van der Waals surface area contributed by atoms with Crippen molar-refractivity contribution in [2.24, 2.45) is 0 Å². The number of hydrogen-bond donors (Lipinski definition) is 1. The zero-order valence-electron chi connectivity index (χ0n) is 9.73. The monoisotopic (exact) mass is 308 g/mol. The van der Waals surface area contributed by atoms with Crippen LogP contribution in [-0.4, -0.2) is 10.9 Å². The molecule has 1 aromatic carbocycles. The van der Waals surface area contributed by atoms with E-state index in [1.165, 1.54) is 5.38 Å². The van der Waals surface area contributed by atoms with Gasteiger partial charge in [-0.1, -0.05) is 0 Å². The summed E-state index contributed by atoms with van der Waals surface area (Å²) in [5.74, 6) is -12.5. The molecule has 9 heteroatoms. The van der Waals surface area contributed by atoms with E-state index in [1.54, 1.807) is 6.92 Å². The molecule has 0 saturated heterocycles. The Kier molecular flexibility index (Phi) is 3.71. The Hall–Kier alpha value is -2.03. The summed E-state index contributed by atoms with van der Waals surface area (Å²) in [7, 11) is 0. The fourth-order valence-corrected chi connectivity index (χ4v) is 2.06. The van der Waals surface area contributed by atoms with E-state index in [0.717, 1.165) is 11.3 Å². The van der Waals surface area contributed by atoms with Gasteiger partial charge in [0.15, 0.2) is 28.4 Å². The Labute approximate surface area is 113 Å². The lowest BCUT2D eigenvalue weighted by Gasteiger charge is -2.07. The first kappa shape index (κ1) is 14.4. The van der Waals surface area contributed by atoms with Gasteiger partial charge < -0.3 is 0 Å². The third kappa shape index (κ3) is 2.36. The van der Waals surface area contributed by atoms with Crippen LogP contribution in [0.25, 0.3) is 0 Å². The van der Waals surface area contributed by atoms with E-state index in [9.17, 15) is 26.7 Å². The highest BCUT2D eigenvalue weighted by Gasteiger charge is 2.30. The van der Waals surface area contributed by atoms with Crippen molar-refractivity contribution in [1.29, 1.82) is 0 Å². The first-order valence-corrected chi connectivity index (χ1v) is 5.95. The normalized spacial score (nSPS) is 10.7. The Morgan fingerprint density at radius 2 is 1.55 bits per heavy atom. The molecule has 0 bridgehead atoms. The molecule has 0 radical (unpaired) electrons. The topological polar surface area (TPSA) is 42.0 Å². The number of benzene rings is 1. The zero-order chi connectivity index (χ0) is 15.0. The Balaban J connectivity index is 2.45. The molecule has 2 aromatic rings. The van der Waals surface area contributed by atoms with E-state index in [-0.39, 0.29) is 5.13 Å². The van der Waals surface area contributed by atoms with Crippen molar-refractivity contribution in [2.45, 2.75) is 6.92 Å². The predicted octanol–water partition coefficient (Wildman–Crippen LogP) is 3.40. The van der Waals surface area contributed by atoms with Gasteiger partial charge in [-0.15, -0.1) is 11.3 Å². The first-order valence-electron chi connectivity index (χ1n) is 5.07. The molecular weight excluding hydrogens is 303 g/mol. The van der Waals surface area contributed by atoms with Gasteiger partial charge in [0.1, 0.15) is 5.56 Å². The molecule has 0 unspecified atom stereocenters. The molecule has 0 aliphatic rings. The average Bonchev–Trinajstić information content (AvgIpc) is 2.79. The third-order valence-corrected chi connectivity index (χ3v) is 3.15. The lowest BCUT2D eigenvalue weighted by molar-refractivity contribution is 0.101. The quantitative estimate of drug-likeness (QED) is 0.525. The van der Waals surface area contributed by atoms with Crippen LogP contribution >= 0.6 is 11.3 Å². The smallest absolute Gasteiger partial charge is 0.263 e. The minimum Gasteiger partial charge on any atom is -0.298 e. The second kappa shape index (κ2) is 5.16. The van der Waals surface area contributed by atoms with E-state index in [1.807, 2.05) is 5.32 Å². The number of anilines is 1. The molecule has 20 heavy (non-hydrogen) atoms. The van der Waals surface area contributed by atoms with Crippen LogP contribution in [-0.2, 0) is 0 Å². The summed E-state index contributed by atoms with van der Waals surface area (Å²) in [6, 6.07) is 0. The molecule has 0 atom stereocenters. The molecule has 0 spiro atoms. The van der Waals surface area contributed by atoms with Gasteiger partial charge in [0, 0.05) is 5.38 Å². The molecule has 1 N–H and O–H groups in total. The zero-order valence-corrected chi connectivity index (χ0v) is 10.5. The third-order valence-electron chi connectivity index (χ3n) is 2.28. The summed E-state index contributed by atoms with van der Waals surface area (Å²) in [5, 5.41) is 3.49. The Bertz CT molecular complexity index is 671. The number of nitrogens with zero attached hydrogens (tertiary/aromatic N) is 1. The van der Waals surface area contributed by atoms with Gasteiger partial charge in [-0.25, -0.2) is 26.9 Å². The van der Waals surface area contributed by atoms with E-state index in [0.29, 0.717) is 5.69 Å². The molecule has 3 nitrogen and oxygen atoms in total. The van der Waals surface area contributed by atoms with Crippen LogP contribution in [0.15, 0.2) is 5.38 Å². The molecule has 106 valence electrons. The van der Waals surface area contributed by atoms with E-state index >= 15 is 0 Å². The van der Waals surface area contributed by atoms with Crippen LogP contribution in [0.4, 0.5) is 27.1 Å². The number of amides is 1. The van der Waals surface area contributed by atoms with Crippen molar-refractivity contribution in [3.8, 4) is 0 Å². The SMILES string of the molecule is Cc1csc(NC(=O)c2c(F)c(F)c(F)c(F)c2F)n1. The molecule has 2 rings (SSSR count). The number of nitrogens with one attached hydrogen (secondary N) is 1. The summed E-state index contributed by atoms with van der Waals surface area (Å²) >= 11 is 0.946. The average molecular weight is 308 g/mol. The fourth-order valence-electron chi connectivity index (χ4n) is 1.38. The number of hydrogen-bond acceptors (Lipinski definition) is 3. The van der Waals surface area contributed by atoms with Crippen molar-refractivity contribution >= 4 is 22.4 Å². The first-order chi connectivity index (χ1) is 9.32. The molecular formula is C11H5F5N2OS. The van der Waals surface area contributed by atoms with Crippen molar-refractivity contribution in [3.05, 3.63) is 45.7 Å². The summed E-state index contributed by atoms with van der Waals surface area (Å²) < 4.78 is 65.4. The van der Waals surface area contributed by atoms with Crippen LogP contribution < -0.4 is 5.32 Å². The van der Waals surface area contributed by atoms with E-state index in [4.69, 9.17) is 0 Å². The van der Waals surface area contributed by atoms with Gasteiger partial charge in [0.25, 0.3) is 5.91 Å². The highest BCUT2D eigenvalue weighted by Crippen LogP contribution is 2.24. The lowest BCUT2D eigenvalue weighted by atomic mass is 10.1. The molecule has 0 aliphatic carbocycles. The largest absolute Gasteiger partial charge is 0.298 e. The maximum absolute atomic E-state index is 13.4. The Morgan fingerprint density at radius 3 is 2.00 bits per heavy atom. The van der Waals surface area contributed by atoms with Crippen molar-refractivity contribution in [1.82, 2.24) is 4.98 Å². The van der Waals surface area contributed by atoms with Crippen LogP contribution in [0.2, 0.25) is 0 Å². The van der Waals surface area contributed by atoms with Crippen LogP contribution in [0.1, 0.15) is 16.1 Å². The lowest BCUT2D eigenvalue weighted by Crippen LogP contribution is -2.19. The maximum atomic E-state index is 13.4. The number of rotatable bonds is 2. The number of carbonyl (C=O) groups is 1. The molecule has 1 aromatic heterocycles. The summed E-state index contributed by atoms with van der Waals surface area (Å²) in [6.45, 7) is 1.60. The standard InChI is InChI=1S/C11H5F5N2OS/c1-3-2-20-11(17-3)18-10(19)4-5(12)7(14)9(16)8(15)6(4)13/h2H,1H3,(H,17,18,19). The van der Waals surface area contributed by atoms with Gasteiger partial charge in [-0.3, -0.25) is 10.1 Å². The van der Waals surface area contributed by atoms with Crippen molar-refractivity contribution in [3.63, 3.8) is 0 Å². The second-order valence-electron chi connectivity index (χ2n) is 3.69. The minimum absolute atomic E-state index is 0.0172. The summed E-state index contributed by atoms with van der Waals surface area (Å²) in [5.41, 5.74) is -1.02. The summed E-state index contributed by atoms with van der Waals surface area (Å²) in [6.07, 6.45) is 0. The fraction of sp³-hybridized carbons (Fsp3) is 0.0909. The number of aromatic nitrogens is 1. The highest BCUT2D eigenvalue weighted by atomic mass is 32.1. The van der Waals surface area contributed by atoms with E-state index < -0.39 is 40.6 Å². The number of aryl methyl sites for hydroxylation is 1. The van der Waals surface area contributed by atoms with Gasteiger partial charge in [0.2, 0.25) is 5.82 Å². The molecule has 0 fully saturated rings. The number of carbonyl (C=O) groups excluding carboxylic acids is 1. The molecule has 1 heterocycles. The van der Waals surface area contributed by atoms with Crippen LogP contribution in [0, 0.1) is 36.0 Å². The molecule has 0 saturated carbocycles. The Morgan fingerprint density at radius 1 is 1.05 bits per heavy atom. The van der Waals surface area contributed by atoms with Crippen LogP contribution in [0.3, 0.4) is 0 Å². The number of thiazole rings is 1. The van der Waals surface area contributed by atoms with Gasteiger partial charge in [-0.05, 0) is 6.92 Å². The van der Waals surface area contributed by atoms with Crippen LogP contribution in [0.5, 0.6) is 0 Å². The number of halogens is 5. The minimum atomic E-state index is -2.32. The van der Waals surface area contributed by atoms with Gasteiger partial charge >= 0.3 is 0 Å². The maximum Gasteiger partial charge on any atom is 0.263 e. The van der Waals surface area contributed by atoms with E-state index in [2.05, 4.69) is 4.98 Å². The van der Waals surface area contributed by atoms with Crippen molar-refractivity contribution in [2.75, 3.05) is 5.32 Å². The van der Waals surface area contributed by atoms with Crippen molar-refractivity contribution < 1.29 is 26.7 Å².